The Morgan fingerprint density at radius 3 is 2.00 bits per heavy atom. The number of aryl methyl sites for hydroxylation is 3. The van der Waals surface area contributed by atoms with E-state index in [1.807, 2.05) is 20.0 Å². The molecule has 0 spiro atoms. The van der Waals surface area contributed by atoms with Crippen LogP contribution in [0.25, 0.3) is 0 Å². The molecule has 0 bridgehead atoms. The second kappa shape index (κ2) is 6.48. The molecule has 2 aromatic heterocycles. The Labute approximate surface area is 126 Å². The van der Waals surface area contributed by atoms with Crippen LogP contribution in [0.4, 0.5) is 13.2 Å². The molecule has 1 N–H and O–H groups in total. The van der Waals surface area contributed by atoms with Crippen LogP contribution in [0.1, 0.15) is 22.8 Å². The van der Waals surface area contributed by atoms with E-state index < -0.39 is 11.9 Å². The maximum atomic E-state index is 12.5. The summed E-state index contributed by atoms with van der Waals surface area (Å²) < 4.78 is 40.5. The predicted molar refractivity (Wildman–Crippen MR) is 73.9 cm³/mol. The van der Waals surface area contributed by atoms with Gasteiger partial charge < -0.3 is 5.32 Å². The molecule has 5 nitrogen and oxygen atoms in total. The van der Waals surface area contributed by atoms with Gasteiger partial charge in [-0.25, -0.2) is 0 Å². The third kappa shape index (κ3) is 4.21. The van der Waals surface area contributed by atoms with Crippen molar-refractivity contribution in [1.82, 2.24) is 24.9 Å². The van der Waals surface area contributed by atoms with Crippen LogP contribution in [0.3, 0.4) is 0 Å². The number of halogens is 4. The third-order valence-electron chi connectivity index (χ3n) is 2.98. The minimum Gasteiger partial charge on any atom is -0.306 e. The van der Waals surface area contributed by atoms with Crippen LogP contribution in [-0.4, -0.2) is 19.6 Å². The molecular formula is C12H17ClF3N5. The molecule has 0 aliphatic carbocycles. The summed E-state index contributed by atoms with van der Waals surface area (Å²) in [6.07, 6.45) is -4.41. The SMILES string of the molecule is Cc1cc(CNCc2cc(C(F)(F)F)nn2C)n(C)n1.Cl. The number of hydrogen-bond acceptors (Lipinski definition) is 3. The summed E-state index contributed by atoms with van der Waals surface area (Å²) in [5.41, 5.74) is 1.49. The van der Waals surface area contributed by atoms with Gasteiger partial charge in [-0.05, 0) is 19.1 Å². The average Bonchev–Trinajstić information content (AvgIpc) is 2.83. The molecule has 0 atom stereocenters. The van der Waals surface area contributed by atoms with Crippen LogP contribution in [0.5, 0.6) is 0 Å². The van der Waals surface area contributed by atoms with Gasteiger partial charge in [0.05, 0.1) is 17.1 Å². The average molecular weight is 324 g/mol. The molecule has 2 aromatic rings. The Morgan fingerprint density at radius 2 is 1.57 bits per heavy atom. The lowest BCUT2D eigenvalue weighted by Crippen LogP contribution is -2.17. The maximum Gasteiger partial charge on any atom is 0.435 e. The highest BCUT2D eigenvalue weighted by molar-refractivity contribution is 5.85. The van der Waals surface area contributed by atoms with Gasteiger partial charge in [0, 0.05) is 27.2 Å². The Bertz CT molecular complexity index is 603. The normalized spacial score (nSPS) is 11.5. The van der Waals surface area contributed by atoms with Gasteiger partial charge in [0.1, 0.15) is 0 Å². The van der Waals surface area contributed by atoms with Crippen molar-refractivity contribution in [3.63, 3.8) is 0 Å². The first-order valence-corrected chi connectivity index (χ1v) is 6.07. The first kappa shape index (κ1) is 17.5. The third-order valence-corrected chi connectivity index (χ3v) is 2.98. The van der Waals surface area contributed by atoms with Gasteiger partial charge in [-0.3, -0.25) is 9.36 Å². The summed E-state index contributed by atoms with van der Waals surface area (Å²) in [6, 6.07) is 2.98. The highest BCUT2D eigenvalue weighted by atomic mass is 35.5. The van der Waals surface area contributed by atoms with Crippen LogP contribution in [0.15, 0.2) is 12.1 Å². The molecule has 0 radical (unpaired) electrons. The molecule has 0 fully saturated rings. The smallest absolute Gasteiger partial charge is 0.306 e. The molecule has 0 amide bonds. The van der Waals surface area contributed by atoms with Gasteiger partial charge in [0.2, 0.25) is 0 Å². The van der Waals surface area contributed by atoms with Crippen LogP contribution in [0.2, 0.25) is 0 Å². The van der Waals surface area contributed by atoms with Gasteiger partial charge >= 0.3 is 6.18 Å². The zero-order valence-corrected chi connectivity index (χ0v) is 12.7. The molecule has 2 heterocycles. The van der Waals surface area contributed by atoms with Crippen molar-refractivity contribution in [3.05, 3.63) is 34.9 Å². The van der Waals surface area contributed by atoms with E-state index >= 15 is 0 Å². The van der Waals surface area contributed by atoms with Gasteiger partial charge in [-0.15, -0.1) is 12.4 Å². The molecule has 0 unspecified atom stereocenters. The lowest BCUT2D eigenvalue weighted by atomic mass is 10.3. The fourth-order valence-corrected chi connectivity index (χ4v) is 1.96. The first-order chi connectivity index (χ1) is 9.27. The number of alkyl halides is 3. The van der Waals surface area contributed by atoms with Crippen LogP contribution < -0.4 is 5.32 Å². The summed E-state index contributed by atoms with van der Waals surface area (Å²) in [7, 11) is 3.33. The topological polar surface area (TPSA) is 47.7 Å². The lowest BCUT2D eigenvalue weighted by Gasteiger charge is -2.05. The molecule has 2 rings (SSSR count). The first-order valence-electron chi connectivity index (χ1n) is 6.07. The quantitative estimate of drug-likeness (QED) is 0.938. The second-order valence-electron chi connectivity index (χ2n) is 4.65. The summed E-state index contributed by atoms with van der Waals surface area (Å²) >= 11 is 0. The fraction of sp³-hybridized carbons (Fsp3) is 0.500. The zero-order valence-electron chi connectivity index (χ0n) is 11.9. The van der Waals surface area contributed by atoms with Crippen molar-refractivity contribution in [3.8, 4) is 0 Å². The van der Waals surface area contributed by atoms with E-state index in [2.05, 4.69) is 15.5 Å². The van der Waals surface area contributed by atoms with Gasteiger partial charge in [0.25, 0.3) is 0 Å². The Balaban J connectivity index is 0.00000220. The number of aromatic nitrogens is 4. The Hall–Kier alpha value is -1.54. The molecule has 9 heteroatoms. The van der Waals surface area contributed by atoms with Crippen molar-refractivity contribution in [1.29, 1.82) is 0 Å². The van der Waals surface area contributed by atoms with Crippen LogP contribution in [0, 0.1) is 6.92 Å². The predicted octanol–water partition coefficient (Wildman–Crippen LogP) is 2.19. The largest absolute Gasteiger partial charge is 0.435 e. The molecule has 0 saturated heterocycles. The monoisotopic (exact) mass is 323 g/mol. The van der Waals surface area contributed by atoms with E-state index in [4.69, 9.17) is 0 Å². The molecule has 21 heavy (non-hydrogen) atoms. The van der Waals surface area contributed by atoms with Crippen molar-refractivity contribution in [2.75, 3.05) is 0 Å². The lowest BCUT2D eigenvalue weighted by molar-refractivity contribution is -0.141. The van der Waals surface area contributed by atoms with E-state index in [1.165, 1.54) is 11.7 Å². The standard InChI is InChI=1S/C12H16F3N5.ClH/c1-8-4-9(19(2)17-8)6-16-7-10-5-11(12(13,14)15)18-20(10)3;/h4-5,16H,6-7H2,1-3H3;1H. The van der Waals surface area contributed by atoms with Crippen molar-refractivity contribution < 1.29 is 13.2 Å². The summed E-state index contributed by atoms with van der Waals surface area (Å²) in [4.78, 5) is 0. The fourth-order valence-electron chi connectivity index (χ4n) is 1.96. The summed E-state index contributed by atoms with van der Waals surface area (Å²) in [5, 5.41) is 10.8. The molecule has 118 valence electrons. The number of hydrogen-bond donors (Lipinski definition) is 1. The van der Waals surface area contributed by atoms with E-state index in [-0.39, 0.29) is 12.4 Å². The van der Waals surface area contributed by atoms with E-state index in [0.29, 0.717) is 18.8 Å². The summed E-state index contributed by atoms with van der Waals surface area (Å²) in [6.45, 7) is 2.73. The van der Waals surface area contributed by atoms with Crippen molar-refractivity contribution in [2.45, 2.75) is 26.2 Å². The van der Waals surface area contributed by atoms with Gasteiger partial charge in [-0.2, -0.15) is 23.4 Å². The van der Waals surface area contributed by atoms with E-state index in [9.17, 15) is 13.2 Å². The van der Waals surface area contributed by atoms with E-state index in [0.717, 1.165) is 17.5 Å². The van der Waals surface area contributed by atoms with Gasteiger partial charge in [0.15, 0.2) is 5.69 Å². The molecule has 0 aliphatic heterocycles. The van der Waals surface area contributed by atoms with E-state index in [1.54, 1.807) is 4.68 Å². The van der Waals surface area contributed by atoms with Gasteiger partial charge in [-0.1, -0.05) is 0 Å². The highest BCUT2D eigenvalue weighted by Crippen LogP contribution is 2.28. The minimum atomic E-state index is -4.41. The number of rotatable bonds is 4. The number of nitrogens with zero attached hydrogens (tertiary/aromatic N) is 4. The molecule has 0 aliphatic rings. The Kier molecular flexibility index (Phi) is 5.41. The Morgan fingerprint density at radius 1 is 1.05 bits per heavy atom. The van der Waals surface area contributed by atoms with Crippen LogP contribution >= 0.6 is 12.4 Å². The molecule has 0 saturated carbocycles. The van der Waals surface area contributed by atoms with Crippen molar-refractivity contribution in [2.24, 2.45) is 14.1 Å². The minimum absolute atomic E-state index is 0. The second-order valence-corrected chi connectivity index (χ2v) is 4.65. The maximum absolute atomic E-state index is 12.5. The zero-order chi connectivity index (χ0) is 14.9. The van der Waals surface area contributed by atoms with Crippen molar-refractivity contribution >= 4 is 12.4 Å². The summed E-state index contributed by atoms with van der Waals surface area (Å²) in [5.74, 6) is 0. The highest BCUT2D eigenvalue weighted by Gasteiger charge is 2.34. The molecular weight excluding hydrogens is 307 g/mol. The number of nitrogens with one attached hydrogen (secondary N) is 1. The van der Waals surface area contributed by atoms with Crippen LogP contribution in [-0.2, 0) is 33.4 Å². The molecule has 0 aromatic carbocycles.